The fourth-order valence-electron chi connectivity index (χ4n) is 3.19. The molecule has 1 aliphatic carbocycles. The van der Waals surface area contributed by atoms with E-state index in [1.807, 2.05) is 0 Å². The Morgan fingerprint density at radius 3 is 2.38 bits per heavy atom. The number of carbonyl (C=O) groups is 2. The van der Waals surface area contributed by atoms with Crippen molar-refractivity contribution in [3.05, 3.63) is 41.4 Å². The van der Waals surface area contributed by atoms with Crippen molar-refractivity contribution in [2.45, 2.75) is 25.7 Å². The Morgan fingerprint density at radius 1 is 1.05 bits per heavy atom. The van der Waals surface area contributed by atoms with Crippen molar-refractivity contribution in [2.75, 3.05) is 4.90 Å². The van der Waals surface area contributed by atoms with Gasteiger partial charge in [0.2, 0.25) is 0 Å². The van der Waals surface area contributed by atoms with Gasteiger partial charge in [-0.3, -0.25) is 9.59 Å². The Hall–Kier alpha value is -2.43. The van der Waals surface area contributed by atoms with Crippen LogP contribution in [0.1, 0.15) is 25.7 Å². The largest absolute Gasteiger partial charge is 0.361 e. The number of carbonyl (C=O) groups excluding carboxylic acids is 2. The van der Waals surface area contributed by atoms with Crippen LogP contribution in [-0.4, -0.2) is 16.8 Å². The van der Waals surface area contributed by atoms with Gasteiger partial charge in [0.25, 0.3) is 11.8 Å². The molecule has 0 saturated heterocycles. The highest BCUT2D eigenvalue weighted by Crippen LogP contribution is 2.37. The molecule has 4 rings (SSSR count). The third kappa shape index (κ3) is 1.67. The highest BCUT2D eigenvalue weighted by Gasteiger charge is 2.40. The summed E-state index contributed by atoms with van der Waals surface area (Å²) in [5.74, 6) is -1.28. The molecule has 5 heteroatoms. The lowest BCUT2D eigenvalue weighted by molar-refractivity contribution is -0.120. The standard InChI is InChI=1S/C16H13FN2O2/c17-12-7-9-5-6-18-13(9)8-14(12)19-15(20)10-3-1-2-4-11(10)16(19)21/h5-8,18H,1-4H2. The smallest absolute Gasteiger partial charge is 0.261 e. The van der Waals surface area contributed by atoms with E-state index < -0.39 is 5.82 Å². The molecule has 2 aromatic rings. The lowest BCUT2D eigenvalue weighted by atomic mass is 9.93. The summed E-state index contributed by atoms with van der Waals surface area (Å²) in [5.41, 5.74) is 1.88. The summed E-state index contributed by atoms with van der Waals surface area (Å²) < 4.78 is 14.3. The first-order valence-corrected chi connectivity index (χ1v) is 7.04. The van der Waals surface area contributed by atoms with Crippen molar-refractivity contribution in [3.8, 4) is 0 Å². The quantitative estimate of drug-likeness (QED) is 0.818. The fourth-order valence-corrected chi connectivity index (χ4v) is 3.19. The van der Waals surface area contributed by atoms with Crippen molar-refractivity contribution in [2.24, 2.45) is 0 Å². The number of imide groups is 1. The molecule has 1 N–H and O–H groups in total. The molecule has 1 aromatic heterocycles. The Morgan fingerprint density at radius 2 is 1.71 bits per heavy atom. The third-order valence-corrected chi connectivity index (χ3v) is 4.25. The van der Waals surface area contributed by atoms with Crippen LogP contribution < -0.4 is 4.90 Å². The zero-order chi connectivity index (χ0) is 14.6. The van der Waals surface area contributed by atoms with E-state index in [1.54, 1.807) is 12.3 Å². The molecule has 2 amide bonds. The highest BCUT2D eigenvalue weighted by molar-refractivity contribution is 6.33. The van der Waals surface area contributed by atoms with Crippen molar-refractivity contribution < 1.29 is 14.0 Å². The summed E-state index contributed by atoms with van der Waals surface area (Å²) in [6, 6.07) is 4.62. The van der Waals surface area contributed by atoms with E-state index in [9.17, 15) is 14.0 Å². The summed E-state index contributed by atoms with van der Waals surface area (Å²) in [6.07, 6.45) is 4.74. The summed E-state index contributed by atoms with van der Waals surface area (Å²) in [5, 5.41) is 0.716. The molecule has 0 bridgehead atoms. The Labute approximate surface area is 120 Å². The predicted molar refractivity (Wildman–Crippen MR) is 76.2 cm³/mol. The van der Waals surface area contributed by atoms with E-state index in [1.165, 1.54) is 12.1 Å². The molecule has 1 aromatic carbocycles. The Bertz CT molecular complexity index is 791. The number of benzene rings is 1. The molecule has 21 heavy (non-hydrogen) atoms. The SMILES string of the molecule is O=C1C2=C(CCCC2)C(=O)N1c1cc2[nH]ccc2cc1F. The molecule has 0 saturated carbocycles. The third-order valence-electron chi connectivity index (χ3n) is 4.25. The second-order valence-corrected chi connectivity index (χ2v) is 5.48. The average Bonchev–Trinajstić information content (AvgIpc) is 3.03. The monoisotopic (exact) mass is 284 g/mol. The van der Waals surface area contributed by atoms with E-state index in [-0.39, 0.29) is 17.5 Å². The maximum Gasteiger partial charge on any atom is 0.261 e. The molecule has 0 radical (unpaired) electrons. The molecule has 2 aliphatic rings. The molecule has 2 heterocycles. The van der Waals surface area contributed by atoms with Gasteiger partial charge in [-0.1, -0.05) is 0 Å². The van der Waals surface area contributed by atoms with Gasteiger partial charge in [-0.2, -0.15) is 0 Å². The Balaban J connectivity index is 1.84. The second-order valence-electron chi connectivity index (χ2n) is 5.48. The summed E-state index contributed by atoms with van der Waals surface area (Å²) in [6.45, 7) is 0. The summed E-state index contributed by atoms with van der Waals surface area (Å²) >= 11 is 0. The summed E-state index contributed by atoms with van der Waals surface area (Å²) in [7, 11) is 0. The Kier molecular flexibility index (Phi) is 2.51. The van der Waals surface area contributed by atoms with Crippen LogP contribution in [0.3, 0.4) is 0 Å². The van der Waals surface area contributed by atoms with E-state index in [0.717, 1.165) is 17.7 Å². The minimum Gasteiger partial charge on any atom is -0.361 e. The normalized spacial score (nSPS) is 18.8. The zero-order valence-corrected chi connectivity index (χ0v) is 11.3. The number of nitrogens with zero attached hydrogens (tertiary/aromatic N) is 1. The van der Waals surface area contributed by atoms with E-state index in [2.05, 4.69) is 4.98 Å². The second kappa shape index (κ2) is 4.28. The molecule has 0 unspecified atom stereocenters. The van der Waals surface area contributed by atoms with E-state index >= 15 is 0 Å². The predicted octanol–water partition coefficient (Wildman–Crippen LogP) is 3.05. The van der Waals surface area contributed by atoms with Gasteiger partial charge in [0.1, 0.15) is 5.82 Å². The van der Waals surface area contributed by atoms with Crippen LogP contribution >= 0.6 is 0 Å². The molecular weight excluding hydrogens is 271 g/mol. The van der Waals surface area contributed by atoms with Crippen molar-refractivity contribution in [3.63, 3.8) is 0 Å². The van der Waals surface area contributed by atoms with E-state index in [4.69, 9.17) is 0 Å². The van der Waals surface area contributed by atoms with Gasteiger partial charge >= 0.3 is 0 Å². The number of hydrogen-bond donors (Lipinski definition) is 1. The van der Waals surface area contributed by atoms with Gasteiger partial charge in [-0.15, -0.1) is 0 Å². The first-order chi connectivity index (χ1) is 10.2. The van der Waals surface area contributed by atoms with Crippen LogP contribution in [0.5, 0.6) is 0 Å². The molecule has 4 nitrogen and oxygen atoms in total. The van der Waals surface area contributed by atoms with Crippen molar-refractivity contribution >= 4 is 28.4 Å². The van der Waals surface area contributed by atoms with Gasteiger partial charge in [-0.25, -0.2) is 9.29 Å². The lowest BCUT2D eigenvalue weighted by Gasteiger charge is -2.16. The molecule has 1 aliphatic heterocycles. The number of amides is 2. The number of halogens is 1. The highest BCUT2D eigenvalue weighted by atomic mass is 19.1. The molecule has 0 spiro atoms. The van der Waals surface area contributed by atoms with Gasteiger partial charge in [0.05, 0.1) is 5.69 Å². The minimum absolute atomic E-state index is 0.0364. The van der Waals surface area contributed by atoms with Crippen LogP contribution in [0.15, 0.2) is 35.5 Å². The van der Waals surface area contributed by atoms with Crippen LogP contribution in [0.25, 0.3) is 10.9 Å². The number of rotatable bonds is 1. The number of nitrogens with one attached hydrogen (secondary N) is 1. The molecule has 106 valence electrons. The zero-order valence-electron chi connectivity index (χ0n) is 11.3. The van der Waals surface area contributed by atoms with Crippen molar-refractivity contribution in [1.82, 2.24) is 4.98 Å². The average molecular weight is 284 g/mol. The fraction of sp³-hybridized carbons (Fsp3) is 0.250. The minimum atomic E-state index is -0.552. The van der Waals surface area contributed by atoms with Gasteiger partial charge in [0.15, 0.2) is 0 Å². The van der Waals surface area contributed by atoms with Gasteiger partial charge in [-0.05, 0) is 43.9 Å². The number of H-pyrrole nitrogens is 1. The topological polar surface area (TPSA) is 53.2 Å². The molecular formula is C16H13FN2O2. The van der Waals surface area contributed by atoms with Gasteiger partial charge in [0, 0.05) is 28.2 Å². The maximum atomic E-state index is 14.3. The first kappa shape index (κ1) is 12.3. The van der Waals surface area contributed by atoms with Crippen LogP contribution in [0.4, 0.5) is 10.1 Å². The lowest BCUT2D eigenvalue weighted by Crippen LogP contribution is -2.32. The van der Waals surface area contributed by atoms with E-state index in [0.29, 0.717) is 34.9 Å². The first-order valence-electron chi connectivity index (χ1n) is 7.04. The van der Waals surface area contributed by atoms with Crippen LogP contribution in [-0.2, 0) is 9.59 Å². The number of aromatic nitrogens is 1. The summed E-state index contributed by atoms with van der Waals surface area (Å²) in [4.78, 5) is 28.9. The number of anilines is 1. The maximum absolute atomic E-state index is 14.3. The molecule has 0 atom stereocenters. The van der Waals surface area contributed by atoms with Crippen LogP contribution in [0, 0.1) is 5.82 Å². The number of fused-ring (bicyclic) bond motifs is 1. The van der Waals surface area contributed by atoms with Crippen LogP contribution in [0.2, 0.25) is 0 Å². The van der Waals surface area contributed by atoms with Gasteiger partial charge < -0.3 is 4.98 Å². The number of hydrogen-bond acceptors (Lipinski definition) is 2. The molecule has 0 fully saturated rings. The number of aromatic amines is 1. The van der Waals surface area contributed by atoms with Crippen molar-refractivity contribution in [1.29, 1.82) is 0 Å².